The van der Waals surface area contributed by atoms with E-state index in [0.29, 0.717) is 0 Å². The highest BCUT2D eigenvalue weighted by Crippen LogP contribution is 2.15. The standard InChI is InChI=1S/C11H11N3O4/c15-8-4-6(5-13-8)10(16)14-9-7(11(17)18)2-1-3-12-9/h1-3,6H,4-5H2,(H,13,15)(H,17,18)(H,12,14,16). The van der Waals surface area contributed by atoms with E-state index in [2.05, 4.69) is 15.6 Å². The lowest BCUT2D eigenvalue weighted by Crippen LogP contribution is -2.26. The van der Waals surface area contributed by atoms with Crippen molar-refractivity contribution in [1.82, 2.24) is 10.3 Å². The molecule has 0 bridgehead atoms. The van der Waals surface area contributed by atoms with E-state index in [1.165, 1.54) is 18.3 Å². The van der Waals surface area contributed by atoms with Crippen molar-refractivity contribution >= 4 is 23.6 Å². The first-order valence-corrected chi connectivity index (χ1v) is 5.34. The van der Waals surface area contributed by atoms with Gasteiger partial charge >= 0.3 is 5.97 Å². The zero-order valence-electron chi connectivity index (χ0n) is 9.34. The van der Waals surface area contributed by atoms with Crippen LogP contribution >= 0.6 is 0 Å². The third-order valence-electron chi connectivity index (χ3n) is 2.63. The van der Waals surface area contributed by atoms with Crippen LogP contribution in [0, 0.1) is 5.92 Å². The number of anilines is 1. The SMILES string of the molecule is O=C1CC(C(=O)Nc2ncccc2C(=O)O)CN1. The Labute approximate surface area is 102 Å². The molecule has 1 aliphatic heterocycles. The summed E-state index contributed by atoms with van der Waals surface area (Å²) in [6.45, 7) is 0.264. The van der Waals surface area contributed by atoms with Crippen LogP contribution < -0.4 is 10.6 Å². The topological polar surface area (TPSA) is 108 Å². The first-order valence-electron chi connectivity index (χ1n) is 5.34. The molecular weight excluding hydrogens is 238 g/mol. The number of carbonyl (C=O) groups excluding carboxylic acids is 2. The van der Waals surface area contributed by atoms with Gasteiger partial charge in [0, 0.05) is 19.2 Å². The van der Waals surface area contributed by atoms with Gasteiger partial charge in [-0.15, -0.1) is 0 Å². The number of nitrogens with one attached hydrogen (secondary N) is 2. The van der Waals surface area contributed by atoms with Gasteiger partial charge in [0.25, 0.3) is 0 Å². The lowest BCUT2D eigenvalue weighted by atomic mass is 10.1. The van der Waals surface area contributed by atoms with Crippen molar-refractivity contribution in [3.8, 4) is 0 Å². The maximum atomic E-state index is 11.8. The van der Waals surface area contributed by atoms with Crippen LogP contribution in [0.3, 0.4) is 0 Å². The Morgan fingerprint density at radius 3 is 2.89 bits per heavy atom. The first-order chi connectivity index (χ1) is 8.58. The average Bonchev–Trinajstić information content (AvgIpc) is 2.76. The second-order valence-electron chi connectivity index (χ2n) is 3.90. The normalized spacial score (nSPS) is 18.2. The fourth-order valence-corrected chi connectivity index (χ4v) is 1.69. The number of rotatable bonds is 3. The van der Waals surface area contributed by atoms with Crippen molar-refractivity contribution in [2.24, 2.45) is 5.92 Å². The van der Waals surface area contributed by atoms with Gasteiger partial charge < -0.3 is 15.7 Å². The van der Waals surface area contributed by atoms with Crippen LogP contribution in [0.15, 0.2) is 18.3 Å². The Bertz CT molecular complexity index is 515. The molecule has 2 heterocycles. The van der Waals surface area contributed by atoms with Gasteiger partial charge in [-0.2, -0.15) is 0 Å². The van der Waals surface area contributed by atoms with Gasteiger partial charge in [-0.3, -0.25) is 9.59 Å². The van der Waals surface area contributed by atoms with Crippen LogP contribution in [-0.4, -0.2) is 34.4 Å². The molecule has 0 spiro atoms. The Morgan fingerprint density at radius 2 is 2.28 bits per heavy atom. The van der Waals surface area contributed by atoms with E-state index in [-0.39, 0.29) is 30.3 Å². The van der Waals surface area contributed by atoms with Gasteiger partial charge in [-0.1, -0.05) is 0 Å². The third-order valence-corrected chi connectivity index (χ3v) is 2.63. The van der Waals surface area contributed by atoms with Crippen molar-refractivity contribution in [2.75, 3.05) is 11.9 Å². The smallest absolute Gasteiger partial charge is 0.339 e. The summed E-state index contributed by atoms with van der Waals surface area (Å²) in [5.74, 6) is -2.25. The van der Waals surface area contributed by atoms with Gasteiger partial charge in [0.05, 0.1) is 5.92 Å². The molecule has 2 amide bonds. The van der Waals surface area contributed by atoms with Gasteiger partial charge in [-0.25, -0.2) is 9.78 Å². The summed E-state index contributed by atoms with van der Waals surface area (Å²) >= 11 is 0. The van der Waals surface area contributed by atoms with Gasteiger partial charge in [0.2, 0.25) is 11.8 Å². The van der Waals surface area contributed by atoms with Crippen molar-refractivity contribution < 1.29 is 19.5 Å². The monoisotopic (exact) mass is 249 g/mol. The summed E-state index contributed by atoms with van der Waals surface area (Å²) in [4.78, 5) is 37.5. The minimum atomic E-state index is -1.17. The summed E-state index contributed by atoms with van der Waals surface area (Å²) < 4.78 is 0. The molecule has 7 nitrogen and oxygen atoms in total. The Hall–Kier alpha value is -2.44. The molecule has 1 atom stereocenters. The first kappa shape index (κ1) is 12.0. The van der Waals surface area contributed by atoms with Crippen molar-refractivity contribution in [2.45, 2.75) is 6.42 Å². The summed E-state index contributed by atoms with van der Waals surface area (Å²) in [6.07, 6.45) is 1.50. The quantitative estimate of drug-likeness (QED) is 0.690. The number of aromatic nitrogens is 1. The molecule has 1 fully saturated rings. The predicted molar refractivity (Wildman–Crippen MR) is 60.9 cm³/mol. The number of carbonyl (C=O) groups is 3. The molecule has 1 aromatic rings. The second kappa shape index (κ2) is 4.82. The third kappa shape index (κ3) is 2.45. The van der Waals surface area contributed by atoms with Crippen molar-refractivity contribution in [3.05, 3.63) is 23.9 Å². The molecule has 18 heavy (non-hydrogen) atoms. The fourth-order valence-electron chi connectivity index (χ4n) is 1.69. The van der Waals surface area contributed by atoms with Crippen LogP contribution in [0.5, 0.6) is 0 Å². The molecule has 0 aromatic carbocycles. The van der Waals surface area contributed by atoms with Crippen LogP contribution in [0.25, 0.3) is 0 Å². The molecule has 0 aliphatic carbocycles. The summed E-state index contributed by atoms with van der Waals surface area (Å²) in [6, 6.07) is 2.82. The number of carboxylic acid groups (broad SMARTS) is 1. The van der Waals surface area contributed by atoms with Crippen molar-refractivity contribution in [1.29, 1.82) is 0 Å². The van der Waals surface area contributed by atoms with Crippen LogP contribution in [-0.2, 0) is 9.59 Å². The van der Waals surface area contributed by atoms with E-state index < -0.39 is 17.8 Å². The number of nitrogens with zero attached hydrogens (tertiary/aromatic N) is 1. The zero-order chi connectivity index (χ0) is 13.1. The van der Waals surface area contributed by atoms with E-state index in [1.807, 2.05) is 0 Å². The lowest BCUT2D eigenvalue weighted by molar-refractivity contribution is -0.123. The van der Waals surface area contributed by atoms with Crippen LogP contribution in [0.2, 0.25) is 0 Å². The molecule has 2 rings (SSSR count). The molecule has 0 saturated carbocycles. The van der Waals surface area contributed by atoms with E-state index in [9.17, 15) is 14.4 Å². The average molecular weight is 249 g/mol. The summed E-state index contributed by atoms with van der Waals surface area (Å²) in [5.41, 5.74) is -0.0804. The number of carboxylic acids is 1. The number of amides is 2. The highest BCUT2D eigenvalue weighted by molar-refractivity contribution is 6.01. The molecule has 94 valence electrons. The number of aromatic carboxylic acids is 1. The molecule has 1 aromatic heterocycles. The molecular formula is C11H11N3O4. The second-order valence-corrected chi connectivity index (χ2v) is 3.90. The van der Waals surface area contributed by atoms with E-state index in [4.69, 9.17) is 5.11 Å². The summed E-state index contributed by atoms with van der Waals surface area (Å²) in [7, 11) is 0. The molecule has 3 N–H and O–H groups in total. The number of hydrogen-bond acceptors (Lipinski definition) is 4. The number of pyridine rings is 1. The zero-order valence-corrected chi connectivity index (χ0v) is 9.34. The Morgan fingerprint density at radius 1 is 1.50 bits per heavy atom. The molecule has 1 unspecified atom stereocenters. The van der Waals surface area contributed by atoms with E-state index in [1.54, 1.807) is 0 Å². The van der Waals surface area contributed by atoms with Gasteiger partial charge in [-0.05, 0) is 12.1 Å². The molecule has 0 radical (unpaired) electrons. The lowest BCUT2D eigenvalue weighted by Gasteiger charge is -2.10. The number of hydrogen-bond donors (Lipinski definition) is 3. The maximum absolute atomic E-state index is 11.8. The molecule has 1 saturated heterocycles. The van der Waals surface area contributed by atoms with Gasteiger partial charge in [0.15, 0.2) is 0 Å². The maximum Gasteiger partial charge on any atom is 0.339 e. The highest BCUT2D eigenvalue weighted by Gasteiger charge is 2.28. The Balaban J connectivity index is 2.12. The van der Waals surface area contributed by atoms with E-state index >= 15 is 0 Å². The van der Waals surface area contributed by atoms with Crippen molar-refractivity contribution in [3.63, 3.8) is 0 Å². The largest absolute Gasteiger partial charge is 0.478 e. The van der Waals surface area contributed by atoms with E-state index in [0.717, 1.165) is 0 Å². The molecule has 1 aliphatic rings. The van der Waals surface area contributed by atoms with Crippen LogP contribution in [0.1, 0.15) is 16.8 Å². The minimum absolute atomic E-state index is 0.00523. The van der Waals surface area contributed by atoms with Gasteiger partial charge in [0.1, 0.15) is 11.4 Å². The summed E-state index contributed by atoms with van der Waals surface area (Å²) in [5, 5.41) is 13.9. The molecule has 7 heteroatoms. The Kier molecular flexibility index (Phi) is 3.22. The highest BCUT2D eigenvalue weighted by atomic mass is 16.4. The van der Waals surface area contributed by atoms with Crippen LogP contribution in [0.4, 0.5) is 5.82 Å². The predicted octanol–water partition coefficient (Wildman–Crippen LogP) is -0.146. The fraction of sp³-hybridized carbons (Fsp3) is 0.273. The minimum Gasteiger partial charge on any atom is -0.478 e.